The molecule has 0 saturated carbocycles. The molecule has 1 amide bonds. The van der Waals surface area contributed by atoms with Crippen molar-refractivity contribution in [1.82, 2.24) is 0 Å². The molecule has 0 aromatic heterocycles. The van der Waals surface area contributed by atoms with E-state index in [-0.39, 0.29) is 0 Å². The lowest BCUT2D eigenvalue weighted by Gasteiger charge is -2.12. The predicted octanol–water partition coefficient (Wildman–Crippen LogP) is 3.37. The van der Waals surface area contributed by atoms with Crippen molar-refractivity contribution in [3.8, 4) is 6.07 Å². The number of amides is 1. The number of esters is 1. The maximum atomic E-state index is 12.8. The molecule has 0 unspecified atom stereocenters. The first-order valence-corrected chi connectivity index (χ1v) is 6.94. The van der Waals surface area contributed by atoms with Crippen molar-refractivity contribution in [2.45, 2.75) is 6.18 Å². The standard InChI is InChI=1S/C17H11F3N2O3/c18-17(19,20)14-4-2-1-3-13(14)16(24)25-10-15(23)22-12-7-5-11(9-21)6-8-12/h1-8H,10H2,(H,22,23). The molecule has 25 heavy (non-hydrogen) atoms. The zero-order valence-corrected chi connectivity index (χ0v) is 12.6. The number of rotatable bonds is 4. The second kappa shape index (κ2) is 7.49. The van der Waals surface area contributed by atoms with Crippen LogP contribution in [-0.4, -0.2) is 18.5 Å². The normalized spacial score (nSPS) is 10.6. The van der Waals surface area contributed by atoms with Crippen molar-refractivity contribution in [3.63, 3.8) is 0 Å². The molecule has 0 fully saturated rings. The first-order chi connectivity index (χ1) is 11.8. The van der Waals surface area contributed by atoms with Gasteiger partial charge in [0.25, 0.3) is 5.91 Å². The molecule has 0 aliphatic heterocycles. The van der Waals surface area contributed by atoms with Crippen LogP contribution in [0.2, 0.25) is 0 Å². The maximum absolute atomic E-state index is 12.8. The van der Waals surface area contributed by atoms with Gasteiger partial charge in [-0.25, -0.2) is 4.79 Å². The van der Waals surface area contributed by atoms with Gasteiger partial charge >= 0.3 is 12.1 Å². The molecule has 0 saturated heterocycles. The van der Waals surface area contributed by atoms with E-state index in [1.165, 1.54) is 30.3 Å². The Morgan fingerprint density at radius 1 is 1.08 bits per heavy atom. The third kappa shape index (κ3) is 4.81. The minimum atomic E-state index is -4.71. The number of ether oxygens (including phenoxy) is 1. The summed E-state index contributed by atoms with van der Waals surface area (Å²) in [5, 5.41) is 11.1. The topological polar surface area (TPSA) is 79.2 Å². The Labute approximate surface area is 140 Å². The van der Waals surface area contributed by atoms with Crippen LogP contribution in [0.15, 0.2) is 48.5 Å². The van der Waals surface area contributed by atoms with Gasteiger partial charge in [0.2, 0.25) is 0 Å². The second-order valence-corrected chi connectivity index (χ2v) is 4.86. The molecule has 2 aromatic carbocycles. The summed E-state index contributed by atoms with van der Waals surface area (Å²) in [5.41, 5.74) is -1.04. The fourth-order valence-electron chi connectivity index (χ4n) is 1.94. The van der Waals surface area contributed by atoms with Crippen LogP contribution in [0.4, 0.5) is 18.9 Å². The number of hydrogen-bond donors (Lipinski definition) is 1. The molecule has 5 nitrogen and oxygen atoms in total. The third-order valence-corrected chi connectivity index (χ3v) is 3.08. The molecular weight excluding hydrogens is 337 g/mol. The number of nitriles is 1. The van der Waals surface area contributed by atoms with Crippen molar-refractivity contribution in [2.24, 2.45) is 0 Å². The summed E-state index contributed by atoms with van der Waals surface area (Å²) in [5.74, 6) is -1.97. The van der Waals surface area contributed by atoms with Crippen molar-refractivity contribution in [1.29, 1.82) is 5.26 Å². The van der Waals surface area contributed by atoms with E-state index < -0.39 is 35.8 Å². The van der Waals surface area contributed by atoms with Gasteiger partial charge in [-0.3, -0.25) is 4.79 Å². The van der Waals surface area contributed by atoms with Gasteiger partial charge in [-0.2, -0.15) is 18.4 Å². The summed E-state index contributed by atoms with van der Waals surface area (Å²) in [4.78, 5) is 23.5. The first kappa shape index (κ1) is 18.0. The van der Waals surface area contributed by atoms with E-state index in [9.17, 15) is 22.8 Å². The molecule has 128 valence electrons. The maximum Gasteiger partial charge on any atom is 0.417 e. The molecule has 2 rings (SSSR count). The number of carbonyl (C=O) groups excluding carboxylic acids is 2. The van der Waals surface area contributed by atoms with E-state index >= 15 is 0 Å². The average Bonchev–Trinajstić information content (AvgIpc) is 2.59. The third-order valence-electron chi connectivity index (χ3n) is 3.08. The second-order valence-electron chi connectivity index (χ2n) is 4.86. The van der Waals surface area contributed by atoms with Crippen LogP contribution in [0.5, 0.6) is 0 Å². The summed E-state index contributed by atoms with van der Waals surface area (Å²) in [7, 11) is 0. The van der Waals surface area contributed by atoms with Crippen LogP contribution in [0.3, 0.4) is 0 Å². The Kier molecular flexibility index (Phi) is 5.39. The predicted molar refractivity (Wildman–Crippen MR) is 81.5 cm³/mol. The van der Waals surface area contributed by atoms with Gasteiger partial charge in [-0.1, -0.05) is 12.1 Å². The van der Waals surface area contributed by atoms with Gasteiger partial charge in [0, 0.05) is 5.69 Å². The Hall–Kier alpha value is -3.34. The fraction of sp³-hybridized carbons (Fsp3) is 0.118. The SMILES string of the molecule is N#Cc1ccc(NC(=O)COC(=O)c2ccccc2C(F)(F)F)cc1. The van der Waals surface area contributed by atoms with Gasteiger partial charge in [0.1, 0.15) is 0 Å². The molecule has 0 aliphatic carbocycles. The minimum absolute atomic E-state index is 0.357. The molecule has 8 heteroatoms. The molecule has 2 aromatic rings. The fourth-order valence-corrected chi connectivity index (χ4v) is 1.94. The van der Waals surface area contributed by atoms with Crippen molar-refractivity contribution >= 4 is 17.6 Å². The summed E-state index contributed by atoms with van der Waals surface area (Å²) in [6, 6.07) is 11.9. The number of nitrogens with one attached hydrogen (secondary N) is 1. The highest BCUT2D eigenvalue weighted by atomic mass is 19.4. The van der Waals surface area contributed by atoms with Gasteiger partial charge in [0.05, 0.1) is 22.8 Å². The molecular formula is C17H11F3N2O3. The zero-order valence-electron chi connectivity index (χ0n) is 12.6. The van der Waals surface area contributed by atoms with Crippen LogP contribution < -0.4 is 5.32 Å². The van der Waals surface area contributed by atoms with Crippen molar-refractivity contribution in [3.05, 3.63) is 65.2 Å². The molecule has 0 atom stereocenters. The molecule has 0 bridgehead atoms. The van der Waals surface area contributed by atoms with E-state index in [4.69, 9.17) is 5.26 Å². The van der Waals surface area contributed by atoms with E-state index in [0.29, 0.717) is 11.3 Å². The number of benzene rings is 2. The number of halogens is 3. The lowest BCUT2D eigenvalue weighted by atomic mass is 10.1. The average molecular weight is 348 g/mol. The Morgan fingerprint density at radius 2 is 1.72 bits per heavy atom. The Morgan fingerprint density at radius 3 is 2.32 bits per heavy atom. The van der Waals surface area contributed by atoms with Crippen molar-refractivity contribution in [2.75, 3.05) is 11.9 Å². The highest BCUT2D eigenvalue weighted by Gasteiger charge is 2.35. The monoisotopic (exact) mass is 348 g/mol. The largest absolute Gasteiger partial charge is 0.452 e. The number of nitrogens with zero attached hydrogens (tertiary/aromatic N) is 1. The van der Waals surface area contributed by atoms with Crippen LogP contribution in [0.1, 0.15) is 21.5 Å². The Bertz CT molecular complexity index is 824. The highest BCUT2D eigenvalue weighted by Crippen LogP contribution is 2.32. The number of alkyl halides is 3. The van der Waals surface area contributed by atoms with Crippen LogP contribution >= 0.6 is 0 Å². The number of hydrogen-bond acceptors (Lipinski definition) is 4. The minimum Gasteiger partial charge on any atom is -0.452 e. The number of anilines is 1. The van der Waals surface area contributed by atoms with Crippen molar-refractivity contribution < 1.29 is 27.5 Å². The summed E-state index contributed by atoms with van der Waals surface area (Å²) < 4.78 is 43.2. The number of carbonyl (C=O) groups is 2. The van der Waals surface area contributed by atoms with Gasteiger partial charge in [-0.05, 0) is 36.4 Å². The lowest BCUT2D eigenvalue weighted by molar-refractivity contribution is -0.138. The summed E-state index contributed by atoms with van der Waals surface area (Å²) >= 11 is 0. The molecule has 1 N–H and O–H groups in total. The van der Waals surface area contributed by atoms with Gasteiger partial charge in [0.15, 0.2) is 6.61 Å². The van der Waals surface area contributed by atoms with Gasteiger partial charge in [-0.15, -0.1) is 0 Å². The van der Waals surface area contributed by atoms with E-state index in [1.807, 2.05) is 6.07 Å². The van der Waals surface area contributed by atoms with E-state index in [2.05, 4.69) is 10.1 Å². The molecule has 0 spiro atoms. The van der Waals surface area contributed by atoms with Crippen LogP contribution in [0, 0.1) is 11.3 Å². The Balaban J connectivity index is 1.98. The molecule has 0 heterocycles. The lowest BCUT2D eigenvalue weighted by Crippen LogP contribution is -2.22. The zero-order chi connectivity index (χ0) is 18.4. The highest BCUT2D eigenvalue weighted by molar-refractivity contribution is 5.96. The quantitative estimate of drug-likeness (QED) is 0.859. The summed E-state index contributed by atoms with van der Waals surface area (Å²) in [6.07, 6.45) is -4.71. The van der Waals surface area contributed by atoms with Crippen LogP contribution in [0.25, 0.3) is 0 Å². The molecule has 0 radical (unpaired) electrons. The molecule has 0 aliphatic rings. The van der Waals surface area contributed by atoms with E-state index in [1.54, 1.807) is 0 Å². The van der Waals surface area contributed by atoms with Crippen LogP contribution in [-0.2, 0) is 15.7 Å². The van der Waals surface area contributed by atoms with E-state index in [0.717, 1.165) is 18.2 Å². The smallest absolute Gasteiger partial charge is 0.417 e. The summed E-state index contributed by atoms with van der Waals surface area (Å²) in [6.45, 7) is -0.745. The first-order valence-electron chi connectivity index (χ1n) is 6.94. The van der Waals surface area contributed by atoms with Gasteiger partial charge < -0.3 is 10.1 Å².